The van der Waals surface area contributed by atoms with Crippen molar-refractivity contribution >= 4 is 23.5 Å². The SMILES string of the molecule is COC(=O)c1ccccc1SCC(=O)c1cc(C)[nH]c1C. The van der Waals surface area contributed by atoms with Gasteiger partial charge >= 0.3 is 5.97 Å². The van der Waals surface area contributed by atoms with Crippen molar-refractivity contribution in [2.45, 2.75) is 18.7 Å². The standard InChI is InChI=1S/C16H17NO3S/c1-10-8-13(11(2)17-10)14(18)9-21-15-7-5-4-6-12(15)16(19)20-3/h4-8,17H,9H2,1-3H3. The lowest BCUT2D eigenvalue weighted by Gasteiger charge is -2.06. The minimum absolute atomic E-state index is 0.0431. The molecule has 0 unspecified atom stereocenters. The number of ketones is 1. The lowest BCUT2D eigenvalue weighted by Crippen LogP contribution is -2.06. The fraction of sp³-hybridized carbons (Fsp3) is 0.250. The molecular weight excluding hydrogens is 286 g/mol. The van der Waals surface area contributed by atoms with Gasteiger partial charge in [0.05, 0.1) is 18.4 Å². The summed E-state index contributed by atoms with van der Waals surface area (Å²) in [6.45, 7) is 3.80. The summed E-state index contributed by atoms with van der Waals surface area (Å²) in [6, 6.07) is 8.98. The average Bonchev–Trinajstić information content (AvgIpc) is 2.83. The Morgan fingerprint density at radius 2 is 1.90 bits per heavy atom. The van der Waals surface area contributed by atoms with E-state index in [4.69, 9.17) is 4.74 Å². The number of methoxy groups -OCH3 is 1. The lowest BCUT2D eigenvalue weighted by molar-refractivity contribution is 0.0596. The molecule has 5 heteroatoms. The van der Waals surface area contributed by atoms with Crippen molar-refractivity contribution in [2.24, 2.45) is 0 Å². The molecule has 0 radical (unpaired) electrons. The maximum absolute atomic E-state index is 12.2. The Labute approximate surface area is 127 Å². The van der Waals surface area contributed by atoms with E-state index >= 15 is 0 Å². The molecule has 2 rings (SSSR count). The van der Waals surface area contributed by atoms with Gasteiger partial charge in [-0.2, -0.15) is 0 Å². The first-order valence-electron chi connectivity index (χ1n) is 6.52. The van der Waals surface area contributed by atoms with E-state index in [0.29, 0.717) is 11.1 Å². The summed E-state index contributed by atoms with van der Waals surface area (Å²) in [5.74, 6) is -0.0627. The molecule has 0 saturated heterocycles. The number of ether oxygens (including phenoxy) is 1. The van der Waals surface area contributed by atoms with E-state index in [9.17, 15) is 9.59 Å². The number of H-pyrrole nitrogens is 1. The molecule has 1 aromatic carbocycles. The van der Waals surface area contributed by atoms with Crippen LogP contribution in [0.25, 0.3) is 0 Å². The molecule has 1 N–H and O–H groups in total. The zero-order valence-corrected chi connectivity index (χ0v) is 13.0. The van der Waals surface area contributed by atoms with E-state index < -0.39 is 0 Å². The van der Waals surface area contributed by atoms with Gasteiger partial charge in [0, 0.05) is 21.8 Å². The fourth-order valence-corrected chi connectivity index (χ4v) is 3.03. The highest BCUT2D eigenvalue weighted by Crippen LogP contribution is 2.24. The van der Waals surface area contributed by atoms with Crippen LogP contribution in [0.3, 0.4) is 0 Å². The summed E-state index contributed by atoms with van der Waals surface area (Å²) < 4.78 is 4.75. The number of carbonyl (C=O) groups excluding carboxylic acids is 2. The van der Waals surface area contributed by atoms with Crippen molar-refractivity contribution in [1.29, 1.82) is 0 Å². The predicted octanol–water partition coefficient (Wildman–Crippen LogP) is 3.39. The van der Waals surface area contributed by atoms with Gasteiger partial charge in [0.1, 0.15) is 0 Å². The van der Waals surface area contributed by atoms with Gasteiger partial charge in [-0.1, -0.05) is 12.1 Å². The number of thioether (sulfide) groups is 1. The highest BCUT2D eigenvalue weighted by atomic mass is 32.2. The Morgan fingerprint density at radius 1 is 1.19 bits per heavy atom. The molecular formula is C16H17NO3S. The van der Waals surface area contributed by atoms with Crippen molar-refractivity contribution in [3.05, 3.63) is 52.8 Å². The maximum atomic E-state index is 12.2. The second-order valence-electron chi connectivity index (χ2n) is 4.69. The molecule has 4 nitrogen and oxygen atoms in total. The molecule has 0 fully saturated rings. The summed E-state index contributed by atoms with van der Waals surface area (Å²) in [6.07, 6.45) is 0. The number of hydrogen-bond acceptors (Lipinski definition) is 4. The van der Waals surface area contributed by atoms with Gasteiger partial charge in [-0.05, 0) is 32.0 Å². The predicted molar refractivity (Wildman–Crippen MR) is 83.1 cm³/mol. The summed E-state index contributed by atoms with van der Waals surface area (Å²) in [5, 5.41) is 0. The first kappa shape index (κ1) is 15.4. The number of Topliss-reactive ketones (excluding diaryl/α,β-unsaturated/α-hetero) is 1. The Morgan fingerprint density at radius 3 is 2.52 bits per heavy atom. The van der Waals surface area contributed by atoms with Crippen molar-refractivity contribution in [1.82, 2.24) is 4.98 Å². The third-order valence-electron chi connectivity index (χ3n) is 3.10. The van der Waals surface area contributed by atoms with Gasteiger partial charge in [0.15, 0.2) is 5.78 Å². The number of aryl methyl sites for hydroxylation is 2. The van der Waals surface area contributed by atoms with Crippen molar-refractivity contribution < 1.29 is 14.3 Å². The monoisotopic (exact) mass is 303 g/mol. The van der Waals surface area contributed by atoms with E-state index in [-0.39, 0.29) is 17.5 Å². The number of hydrogen-bond donors (Lipinski definition) is 1. The van der Waals surface area contributed by atoms with E-state index in [1.54, 1.807) is 12.1 Å². The summed E-state index contributed by atoms with van der Waals surface area (Å²) in [5.41, 5.74) is 3.03. The zero-order valence-electron chi connectivity index (χ0n) is 12.2. The van der Waals surface area contributed by atoms with Gasteiger partial charge in [-0.15, -0.1) is 11.8 Å². The highest BCUT2D eigenvalue weighted by molar-refractivity contribution is 8.00. The maximum Gasteiger partial charge on any atom is 0.338 e. The summed E-state index contributed by atoms with van der Waals surface area (Å²) in [4.78, 5) is 27.8. The molecule has 0 aliphatic carbocycles. The Balaban J connectivity index is 2.12. The van der Waals surface area contributed by atoms with Gasteiger partial charge in [0.25, 0.3) is 0 Å². The van der Waals surface area contributed by atoms with Crippen LogP contribution in [0.15, 0.2) is 35.2 Å². The molecule has 0 aliphatic heterocycles. The Bertz CT molecular complexity index is 676. The van der Waals surface area contributed by atoms with Crippen LogP contribution in [0.4, 0.5) is 0 Å². The Hall–Kier alpha value is -2.01. The molecule has 0 spiro atoms. The number of rotatable bonds is 5. The van der Waals surface area contributed by atoms with E-state index in [0.717, 1.165) is 16.3 Å². The quantitative estimate of drug-likeness (QED) is 0.522. The van der Waals surface area contributed by atoms with Gasteiger partial charge in [-0.25, -0.2) is 4.79 Å². The fourth-order valence-electron chi connectivity index (χ4n) is 2.11. The minimum atomic E-state index is -0.390. The molecule has 0 saturated carbocycles. The molecule has 2 aromatic rings. The van der Waals surface area contributed by atoms with E-state index in [1.807, 2.05) is 32.0 Å². The molecule has 0 aliphatic rings. The number of aromatic amines is 1. The van der Waals surface area contributed by atoms with Crippen LogP contribution in [0.5, 0.6) is 0 Å². The normalized spacial score (nSPS) is 10.4. The molecule has 1 heterocycles. The number of benzene rings is 1. The lowest BCUT2D eigenvalue weighted by atomic mass is 10.2. The van der Waals surface area contributed by atoms with Crippen LogP contribution in [-0.2, 0) is 4.74 Å². The van der Waals surface area contributed by atoms with Gasteiger partial charge in [-0.3, -0.25) is 4.79 Å². The number of carbonyl (C=O) groups is 2. The number of esters is 1. The van der Waals surface area contributed by atoms with Crippen molar-refractivity contribution in [3.8, 4) is 0 Å². The Kier molecular flexibility index (Phi) is 4.85. The third-order valence-corrected chi connectivity index (χ3v) is 4.17. The topological polar surface area (TPSA) is 59.2 Å². The molecule has 0 amide bonds. The first-order valence-corrected chi connectivity index (χ1v) is 7.51. The van der Waals surface area contributed by atoms with Crippen LogP contribution in [0.2, 0.25) is 0 Å². The highest BCUT2D eigenvalue weighted by Gasteiger charge is 2.15. The van der Waals surface area contributed by atoms with E-state index in [1.165, 1.54) is 18.9 Å². The first-order chi connectivity index (χ1) is 10.0. The largest absolute Gasteiger partial charge is 0.465 e. The van der Waals surface area contributed by atoms with E-state index in [2.05, 4.69) is 4.98 Å². The van der Waals surface area contributed by atoms with Crippen LogP contribution in [0.1, 0.15) is 32.1 Å². The van der Waals surface area contributed by atoms with Crippen molar-refractivity contribution in [3.63, 3.8) is 0 Å². The average molecular weight is 303 g/mol. The van der Waals surface area contributed by atoms with Crippen LogP contribution in [-0.4, -0.2) is 29.6 Å². The minimum Gasteiger partial charge on any atom is -0.465 e. The second kappa shape index (κ2) is 6.63. The zero-order chi connectivity index (χ0) is 15.4. The summed E-state index contributed by atoms with van der Waals surface area (Å²) >= 11 is 1.35. The van der Waals surface area contributed by atoms with Crippen LogP contribution >= 0.6 is 11.8 Å². The second-order valence-corrected chi connectivity index (χ2v) is 5.71. The molecule has 21 heavy (non-hydrogen) atoms. The third kappa shape index (κ3) is 3.55. The van der Waals surface area contributed by atoms with Crippen LogP contribution in [0, 0.1) is 13.8 Å². The van der Waals surface area contributed by atoms with Gasteiger partial charge in [0.2, 0.25) is 0 Å². The number of aromatic nitrogens is 1. The number of nitrogens with one attached hydrogen (secondary N) is 1. The van der Waals surface area contributed by atoms with Crippen LogP contribution < -0.4 is 0 Å². The molecule has 0 bridgehead atoms. The van der Waals surface area contributed by atoms with Gasteiger partial charge < -0.3 is 9.72 Å². The summed E-state index contributed by atoms with van der Waals surface area (Å²) in [7, 11) is 1.35. The molecule has 1 aromatic heterocycles. The smallest absolute Gasteiger partial charge is 0.338 e. The molecule has 0 atom stereocenters. The van der Waals surface area contributed by atoms with Crippen molar-refractivity contribution in [2.75, 3.05) is 12.9 Å². The molecule has 110 valence electrons.